The van der Waals surface area contributed by atoms with Gasteiger partial charge in [-0.05, 0) is 95.0 Å². The molecule has 1 aliphatic carbocycles. The van der Waals surface area contributed by atoms with Crippen LogP contribution in [0, 0.1) is 12.3 Å². The van der Waals surface area contributed by atoms with Gasteiger partial charge in [-0.2, -0.15) is 0 Å². The molecule has 0 atom stereocenters. The summed E-state index contributed by atoms with van der Waals surface area (Å²) in [5.41, 5.74) is 8.34. The van der Waals surface area contributed by atoms with Crippen LogP contribution < -0.4 is 4.57 Å². The van der Waals surface area contributed by atoms with Crippen molar-refractivity contribution in [3.8, 4) is 22.4 Å². The number of aromatic nitrogens is 1. The van der Waals surface area contributed by atoms with E-state index in [1.54, 1.807) is 0 Å². The molecule has 180 valence electrons. The summed E-state index contributed by atoms with van der Waals surface area (Å²) in [5.74, 6) is -1.22. The zero-order valence-electron chi connectivity index (χ0n) is 24.2. The van der Waals surface area contributed by atoms with Crippen LogP contribution in [0.25, 0.3) is 33.2 Å². The molecule has 3 aromatic carbocycles. The smallest absolute Gasteiger partial charge is 0.201 e. The molecule has 0 spiro atoms. The number of nitrogens with zero attached hydrogens (tertiary/aromatic N) is 1. The summed E-state index contributed by atoms with van der Waals surface area (Å²) in [6.07, 6.45) is 6.19. The first-order chi connectivity index (χ1) is 17.4. The lowest BCUT2D eigenvalue weighted by Crippen LogP contribution is -2.32. The van der Waals surface area contributed by atoms with Crippen LogP contribution in [0.2, 0.25) is 0 Å². The predicted molar refractivity (Wildman–Crippen MR) is 150 cm³/mol. The van der Waals surface area contributed by atoms with Gasteiger partial charge in [0.05, 0.1) is 0 Å². The van der Waals surface area contributed by atoms with Gasteiger partial charge < -0.3 is 0 Å². The van der Waals surface area contributed by atoms with Crippen LogP contribution >= 0.6 is 0 Å². The van der Waals surface area contributed by atoms with Gasteiger partial charge in [-0.15, -0.1) is 0 Å². The summed E-state index contributed by atoms with van der Waals surface area (Å²) < 4.78 is 20.3. The average molecular weight is 465 g/mol. The van der Waals surface area contributed by atoms with E-state index in [2.05, 4.69) is 105 Å². The second-order valence-corrected chi connectivity index (χ2v) is 11.5. The van der Waals surface area contributed by atoms with Gasteiger partial charge in [0.15, 0.2) is 6.20 Å². The van der Waals surface area contributed by atoms with Gasteiger partial charge in [-0.3, -0.25) is 0 Å². The van der Waals surface area contributed by atoms with Crippen LogP contribution in [0.3, 0.4) is 0 Å². The molecule has 0 bridgehead atoms. The molecule has 0 saturated heterocycles. The Morgan fingerprint density at radius 2 is 1.60 bits per heavy atom. The van der Waals surface area contributed by atoms with E-state index in [0.29, 0.717) is 5.41 Å². The summed E-state index contributed by atoms with van der Waals surface area (Å²) in [6.45, 7) is 10.7. The predicted octanol–water partition coefficient (Wildman–Crippen LogP) is 9.11. The molecule has 0 unspecified atom stereocenters. The Morgan fingerprint density at radius 3 is 2.31 bits per heavy atom. The summed E-state index contributed by atoms with van der Waals surface area (Å²) in [7, 11) is 2.08. The Morgan fingerprint density at radius 1 is 0.914 bits per heavy atom. The summed E-state index contributed by atoms with van der Waals surface area (Å²) in [5, 5.41) is 2.37. The number of hydrogen-bond acceptors (Lipinski definition) is 0. The van der Waals surface area contributed by atoms with Crippen LogP contribution in [0.15, 0.2) is 72.9 Å². The van der Waals surface area contributed by atoms with E-state index in [4.69, 9.17) is 1.37 Å². The Balaban J connectivity index is 1.60. The van der Waals surface area contributed by atoms with Crippen LogP contribution in [-0.2, 0) is 7.05 Å². The highest BCUT2D eigenvalue weighted by molar-refractivity contribution is 5.89. The number of rotatable bonds is 4. The van der Waals surface area contributed by atoms with Crippen molar-refractivity contribution in [3.05, 3.63) is 89.6 Å². The second-order valence-electron chi connectivity index (χ2n) is 11.5. The molecule has 0 radical (unpaired) electrons. The first kappa shape index (κ1) is 21.4. The maximum absolute atomic E-state index is 9.21. The Bertz CT molecular complexity index is 1470. The summed E-state index contributed by atoms with van der Waals surface area (Å²) in [4.78, 5) is 0. The number of benzene rings is 3. The molecule has 0 aliphatic heterocycles. The van der Waals surface area contributed by atoms with Gasteiger partial charge in [0, 0.05) is 19.9 Å². The molecule has 0 amide bonds. The molecule has 1 aliphatic rings. The number of hydrogen-bond donors (Lipinski definition) is 0. The van der Waals surface area contributed by atoms with Crippen molar-refractivity contribution in [2.45, 2.75) is 72.1 Å². The zero-order valence-corrected chi connectivity index (χ0v) is 22.2. The lowest BCUT2D eigenvalue weighted by atomic mass is 9.71. The van der Waals surface area contributed by atoms with Crippen LogP contribution in [0.1, 0.15) is 84.6 Å². The fourth-order valence-corrected chi connectivity index (χ4v) is 5.56. The third kappa shape index (κ3) is 4.79. The minimum atomic E-state index is -0.734. The van der Waals surface area contributed by atoms with E-state index in [1.807, 2.05) is 13.8 Å². The van der Waals surface area contributed by atoms with Gasteiger partial charge in [-0.25, -0.2) is 4.57 Å². The third-order valence-electron chi connectivity index (χ3n) is 8.00. The van der Waals surface area contributed by atoms with Gasteiger partial charge in [0.25, 0.3) is 0 Å². The Kier molecular flexibility index (Phi) is 5.65. The van der Waals surface area contributed by atoms with E-state index in [-0.39, 0.29) is 0 Å². The fourth-order valence-electron chi connectivity index (χ4n) is 5.56. The molecule has 1 heterocycles. The van der Waals surface area contributed by atoms with Gasteiger partial charge in [0.1, 0.15) is 7.05 Å². The Hall–Kier alpha value is -2.93. The number of pyridine rings is 1. The van der Waals surface area contributed by atoms with Gasteiger partial charge >= 0.3 is 0 Å². The standard InChI is InChI=1S/C34H40N/c1-23(2)32-22-35(6)33(30-10-8-7-9-24(30)3)21-31(32)29-14-13-27-19-26(11-12-28(27)20-29)25-15-17-34(4,5)18-16-25/h7-14,19-23,25H,15-18H2,1-6H3/q+1/i23D,25D. The maximum atomic E-state index is 9.21. The highest BCUT2D eigenvalue weighted by Crippen LogP contribution is 2.43. The largest absolute Gasteiger partial charge is 0.213 e. The quantitative estimate of drug-likeness (QED) is 0.265. The molecule has 0 N–H and O–H groups in total. The molecular formula is C34H40N+. The lowest BCUT2D eigenvalue weighted by Gasteiger charge is -2.34. The molecule has 5 rings (SSSR count). The van der Waals surface area contributed by atoms with Crippen molar-refractivity contribution in [1.29, 1.82) is 0 Å². The van der Waals surface area contributed by atoms with E-state index >= 15 is 0 Å². The Labute approximate surface area is 214 Å². The molecule has 1 aromatic heterocycles. The van der Waals surface area contributed by atoms with Crippen molar-refractivity contribution in [3.63, 3.8) is 0 Å². The highest BCUT2D eigenvalue weighted by Gasteiger charge is 2.27. The average Bonchev–Trinajstić information content (AvgIpc) is 2.85. The number of fused-ring (bicyclic) bond motifs is 1. The zero-order chi connectivity index (χ0) is 26.6. The van der Waals surface area contributed by atoms with Crippen LogP contribution in [-0.4, -0.2) is 0 Å². The number of aryl methyl sites for hydroxylation is 2. The van der Waals surface area contributed by atoms with Crippen molar-refractivity contribution < 1.29 is 7.31 Å². The van der Waals surface area contributed by atoms with Gasteiger partial charge in [-0.1, -0.05) is 76.2 Å². The molecule has 1 nitrogen and oxygen atoms in total. The molecule has 35 heavy (non-hydrogen) atoms. The summed E-state index contributed by atoms with van der Waals surface area (Å²) >= 11 is 0. The van der Waals surface area contributed by atoms with E-state index in [1.165, 1.54) is 21.9 Å². The minimum absolute atomic E-state index is 0.350. The summed E-state index contributed by atoms with van der Waals surface area (Å²) in [6, 6.07) is 24.0. The molecule has 4 aromatic rings. The lowest BCUT2D eigenvalue weighted by molar-refractivity contribution is -0.660. The highest BCUT2D eigenvalue weighted by atomic mass is 14.9. The van der Waals surface area contributed by atoms with Crippen molar-refractivity contribution >= 4 is 10.8 Å². The topological polar surface area (TPSA) is 3.88 Å². The van der Waals surface area contributed by atoms with Crippen molar-refractivity contribution in [2.24, 2.45) is 12.5 Å². The van der Waals surface area contributed by atoms with E-state index in [9.17, 15) is 1.37 Å². The minimum Gasteiger partial charge on any atom is -0.201 e. The maximum Gasteiger partial charge on any atom is 0.213 e. The second kappa shape index (κ2) is 9.26. The van der Waals surface area contributed by atoms with E-state index in [0.717, 1.165) is 53.6 Å². The first-order valence-electron chi connectivity index (χ1n) is 14.0. The molecular weight excluding hydrogens is 422 g/mol. The van der Waals surface area contributed by atoms with Crippen LogP contribution in [0.5, 0.6) is 0 Å². The molecule has 1 saturated carbocycles. The molecule has 1 heteroatoms. The third-order valence-corrected chi connectivity index (χ3v) is 8.00. The normalized spacial score (nSPS) is 18.2. The van der Waals surface area contributed by atoms with Crippen LogP contribution in [0.4, 0.5) is 0 Å². The first-order valence-corrected chi connectivity index (χ1v) is 13.0. The van der Waals surface area contributed by atoms with Crippen molar-refractivity contribution in [2.75, 3.05) is 0 Å². The van der Waals surface area contributed by atoms with Crippen molar-refractivity contribution in [1.82, 2.24) is 0 Å². The monoisotopic (exact) mass is 464 g/mol. The SMILES string of the molecule is [2H]C(C)(C)c1c[n+](C)c(-c2ccccc2C)cc1-c1ccc2cc(C3([2H])CCC(C)(C)CC3)ccc2c1. The molecule has 1 fully saturated rings. The fraction of sp³-hybridized carbons (Fsp3) is 0.382. The van der Waals surface area contributed by atoms with Gasteiger partial charge in [0.2, 0.25) is 5.69 Å². The van der Waals surface area contributed by atoms with E-state index < -0.39 is 11.8 Å².